The zero-order valence-corrected chi connectivity index (χ0v) is 45.9. The SMILES string of the molecule is CC/C=C\C/C=C\C/C=C\C/C=C\C/C=C\C/C=C\CCC(=O)OC[C@H](COC(=O)CCCCCCCCCCCCCCCCCCC)OC(=O)CCC/C=C\C/C=C\C/C=C\C/C=C\CCCCC. The molecular weight excluding hydrogens is 877 g/mol. The highest BCUT2D eigenvalue weighted by molar-refractivity contribution is 5.71. The molecule has 0 radical (unpaired) electrons. The van der Waals surface area contributed by atoms with E-state index in [1.807, 2.05) is 12.2 Å². The number of esters is 3. The number of ether oxygens (including phenoxy) is 3. The van der Waals surface area contributed by atoms with Crippen molar-refractivity contribution in [2.45, 2.75) is 258 Å². The van der Waals surface area contributed by atoms with E-state index in [2.05, 4.69) is 130 Å². The molecule has 71 heavy (non-hydrogen) atoms. The lowest BCUT2D eigenvalue weighted by molar-refractivity contribution is -0.166. The molecule has 0 rings (SSSR count). The Kier molecular flexibility index (Phi) is 54.9. The van der Waals surface area contributed by atoms with Crippen molar-refractivity contribution in [2.75, 3.05) is 13.2 Å². The van der Waals surface area contributed by atoms with Crippen LogP contribution in [0.4, 0.5) is 0 Å². The van der Waals surface area contributed by atoms with Gasteiger partial charge in [-0.2, -0.15) is 0 Å². The van der Waals surface area contributed by atoms with E-state index in [1.165, 1.54) is 116 Å². The predicted octanol–water partition coefficient (Wildman–Crippen LogP) is 19.6. The first kappa shape index (κ1) is 66.8. The summed E-state index contributed by atoms with van der Waals surface area (Å²) in [6, 6.07) is 0. The van der Waals surface area contributed by atoms with Gasteiger partial charge in [-0.25, -0.2) is 0 Å². The number of hydrogen-bond acceptors (Lipinski definition) is 6. The molecule has 0 aliphatic heterocycles. The van der Waals surface area contributed by atoms with Gasteiger partial charge in [-0.05, 0) is 96.3 Å². The molecule has 0 N–H and O–H groups in total. The van der Waals surface area contributed by atoms with Crippen LogP contribution in [-0.2, 0) is 28.6 Å². The maximum Gasteiger partial charge on any atom is 0.306 e. The van der Waals surface area contributed by atoms with Gasteiger partial charge in [0.2, 0.25) is 0 Å². The van der Waals surface area contributed by atoms with E-state index in [1.54, 1.807) is 0 Å². The number of carbonyl (C=O) groups excluding carboxylic acids is 3. The first-order valence-corrected chi connectivity index (χ1v) is 29.0. The highest BCUT2D eigenvalue weighted by Crippen LogP contribution is 2.15. The van der Waals surface area contributed by atoms with Gasteiger partial charge in [-0.3, -0.25) is 14.4 Å². The Labute approximate surface area is 437 Å². The minimum atomic E-state index is -0.839. The number of allylic oxidation sites excluding steroid dienone is 20. The fourth-order valence-corrected chi connectivity index (χ4v) is 7.64. The number of rotatable bonds is 51. The smallest absolute Gasteiger partial charge is 0.306 e. The van der Waals surface area contributed by atoms with Crippen LogP contribution in [0.2, 0.25) is 0 Å². The van der Waals surface area contributed by atoms with Crippen LogP contribution >= 0.6 is 0 Å². The van der Waals surface area contributed by atoms with Crippen molar-refractivity contribution in [1.82, 2.24) is 0 Å². The second kappa shape index (κ2) is 58.4. The van der Waals surface area contributed by atoms with Crippen molar-refractivity contribution in [3.8, 4) is 0 Å². The molecule has 0 spiro atoms. The second-order valence-corrected chi connectivity index (χ2v) is 18.8. The van der Waals surface area contributed by atoms with Crippen LogP contribution in [0.25, 0.3) is 0 Å². The van der Waals surface area contributed by atoms with Crippen LogP contribution in [0.5, 0.6) is 0 Å². The summed E-state index contributed by atoms with van der Waals surface area (Å²) in [5.74, 6) is -1.07. The molecule has 1 atom stereocenters. The molecule has 0 amide bonds. The van der Waals surface area contributed by atoms with Gasteiger partial charge in [0.1, 0.15) is 13.2 Å². The van der Waals surface area contributed by atoms with Gasteiger partial charge in [0.25, 0.3) is 0 Å². The highest BCUT2D eigenvalue weighted by Gasteiger charge is 2.19. The summed E-state index contributed by atoms with van der Waals surface area (Å²) in [5.41, 5.74) is 0. The van der Waals surface area contributed by atoms with Crippen molar-refractivity contribution >= 4 is 17.9 Å². The lowest BCUT2D eigenvalue weighted by Gasteiger charge is -2.18. The van der Waals surface area contributed by atoms with Crippen molar-refractivity contribution < 1.29 is 28.6 Å². The molecule has 0 aliphatic rings. The molecular formula is C65H106O6. The molecule has 0 fully saturated rings. The third-order valence-corrected chi connectivity index (χ3v) is 12.0. The number of hydrogen-bond donors (Lipinski definition) is 0. The second-order valence-electron chi connectivity index (χ2n) is 18.8. The molecule has 402 valence electrons. The Bertz CT molecular complexity index is 1500. The topological polar surface area (TPSA) is 78.9 Å². The molecule has 0 aromatic rings. The molecule has 0 saturated carbocycles. The van der Waals surface area contributed by atoms with Crippen molar-refractivity contribution in [3.63, 3.8) is 0 Å². The van der Waals surface area contributed by atoms with Crippen LogP contribution < -0.4 is 0 Å². The largest absolute Gasteiger partial charge is 0.462 e. The van der Waals surface area contributed by atoms with Crippen LogP contribution in [0, 0.1) is 0 Å². The normalized spacial score (nSPS) is 13.0. The fourth-order valence-electron chi connectivity index (χ4n) is 7.64. The van der Waals surface area contributed by atoms with Crippen LogP contribution in [-0.4, -0.2) is 37.2 Å². The summed E-state index contributed by atoms with van der Waals surface area (Å²) < 4.78 is 16.7. The molecule has 0 aromatic heterocycles. The Hall–Kier alpha value is -4.19. The lowest BCUT2D eigenvalue weighted by atomic mass is 10.0. The monoisotopic (exact) mass is 983 g/mol. The van der Waals surface area contributed by atoms with E-state index in [-0.39, 0.29) is 44.0 Å². The molecule has 0 aromatic carbocycles. The van der Waals surface area contributed by atoms with E-state index in [0.29, 0.717) is 19.3 Å². The third kappa shape index (κ3) is 56.6. The first-order chi connectivity index (χ1) is 35.0. The van der Waals surface area contributed by atoms with Crippen molar-refractivity contribution in [2.24, 2.45) is 0 Å². The molecule has 0 unspecified atom stereocenters. The van der Waals surface area contributed by atoms with E-state index >= 15 is 0 Å². The summed E-state index contributed by atoms with van der Waals surface area (Å²) in [6.07, 6.45) is 80.6. The molecule has 0 saturated heterocycles. The Morgan fingerprint density at radius 2 is 0.592 bits per heavy atom. The van der Waals surface area contributed by atoms with E-state index < -0.39 is 6.10 Å². The van der Waals surface area contributed by atoms with Gasteiger partial charge in [0.15, 0.2) is 6.10 Å². The minimum absolute atomic E-state index is 0.124. The summed E-state index contributed by atoms with van der Waals surface area (Å²) in [6.45, 7) is 6.39. The Balaban J connectivity index is 4.58. The molecule has 0 heterocycles. The summed E-state index contributed by atoms with van der Waals surface area (Å²) in [7, 11) is 0. The van der Waals surface area contributed by atoms with Gasteiger partial charge in [-0.1, -0.05) is 258 Å². The quantitative estimate of drug-likeness (QED) is 0.0261. The van der Waals surface area contributed by atoms with Crippen molar-refractivity contribution in [3.05, 3.63) is 122 Å². The number of unbranched alkanes of at least 4 members (excludes halogenated alkanes) is 20. The van der Waals surface area contributed by atoms with Crippen LogP contribution in [0.15, 0.2) is 122 Å². The molecule has 0 aliphatic carbocycles. The van der Waals surface area contributed by atoms with Crippen LogP contribution in [0.1, 0.15) is 252 Å². The zero-order valence-electron chi connectivity index (χ0n) is 45.9. The molecule has 6 nitrogen and oxygen atoms in total. The summed E-state index contributed by atoms with van der Waals surface area (Å²) in [5, 5.41) is 0. The van der Waals surface area contributed by atoms with Gasteiger partial charge >= 0.3 is 17.9 Å². The Morgan fingerprint density at radius 3 is 0.986 bits per heavy atom. The van der Waals surface area contributed by atoms with Gasteiger partial charge < -0.3 is 14.2 Å². The van der Waals surface area contributed by atoms with Gasteiger partial charge in [0.05, 0.1) is 0 Å². The van der Waals surface area contributed by atoms with E-state index in [0.717, 1.165) is 83.5 Å². The zero-order chi connectivity index (χ0) is 51.4. The van der Waals surface area contributed by atoms with Gasteiger partial charge in [0, 0.05) is 19.3 Å². The maximum absolute atomic E-state index is 12.8. The maximum atomic E-state index is 12.8. The lowest BCUT2D eigenvalue weighted by Crippen LogP contribution is -2.30. The first-order valence-electron chi connectivity index (χ1n) is 29.0. The molecule has 0 bridgehead atoms. The molecule has 6 heteroatoms. The summed E-state index contributed by atoms with van der Waals surface area (Å²) in [4.78, 5) is 38.1. The standard InChI is InChI=1S/C65H106O6/c1-4-7-10-13-16-19-22-25-28-31-32-35-37-40-43-46-49-52-55-58-64(67)70-61-62(71-65(68)59-56-53-50-47-44-41-38-34-30-27-24-21-18-15-12-9-6-3)60-69-63(66)57-54-51-48-45-42-39-36-33-29-26-23-20-17-14-11-8-5-2/h7,10,16,18-19,21,25,27-28,30,32,35,38,40-41,43,47,49-50,52,62H,4-6,8-9,11-15,17,20,22-24,26,29,31,33-34,36-37,39,42,44-46,48,51,53-61H2,1-3H3/b10-7-,19-16-,21-18-,28-25-,30-27-,35-32-,41-38-,43-40-,50-47-,52-49-/t62-/m0/s1. The average Bonchev–Trinajstić information content (AvgIpc) is 3.37. The predicted molar refractivity (Wildman–Crippen MR) is 306 cm³/mol. The van der Waals surface area contributed by atoms with Crippen molar-refractivity contribution in [1.29, 1.82) is 0 Å². The number of carbonyl (C=O) groups is 3. The van der Waals surface area contributed by atoms with E-state index in [4.69, 9.17) is 14.2 Å². The van der Waals surface area contributed by atoms with Crippen LogP contribution in [0.3, 0.4) is 0 Å². The average molecular weight is 984 g/mol. The Morgan fingerprint density at radius 1 is 0.296 bits per heavy atom. The van der Waals surface area contributed by atoms with E-state index in [9.17, 15) is 14.4 Å². The minimum Gasteiger partial charge on any atom is -0.462 e. The van der Waals surface area contributed by atoms with Gasteiger partial charge in [-0.15, -0.1) is 0 Å². The third-order valence-electron chi connectivity index (χ3n) is 12.0. The fraction of sp³-hybridized carbons (Fsp3) is 0.646. The summed E-state index contributed by atoms with van der Waals surface area (Å²) >= 11 is 0. The highest BCUT2D eigenvalue weighted by atomic mass is 16.6.